The molecule has 1 atom stereocenters. The number of hydrogen-bond acceptors (Lipinski definition) is 2. The number of benzene rings is 1. The maximum atomic E-state index is 13.6. The second-order valence-corrected chi connectivity index (χ2v) is 6.49. The van der Waals surface area contributed by atoms with Gasteiger partial charge in [-0.3, -0.25) is 0 Å². The van der Waals surface area contributed by atoms with Gasteiger partial charge in [0.05, 0.1) is 8.93 Å². The van der Waals surface area contributed by atoms with Gasteiger partial charge >= 0.3 is 0 Å². The summed E-state index contributed by atoms with van der Waals surface area (Å²) in [4.78, 5) is 0. The molecule has 1 nitrogen and oxygen atoms in total. The molecule has 2 aromatic rings. The third-order valence-electron chi connectivity index (χ3n) is 2.43. The Morgan fingerprint density at radius 3 is 2.75 bits per heavy atom. The van der Waals surface area contributed by atoms with Crippen molar-refractivity contribution in [2.75, 3.05) is 0 Å². The van der Waals surface area contributed by atoms with Gasteiger partial charge in [0.1, 0.15) is 5.82 Å². The Morgan fingerprint density at radius 2 is 2.12 bits per heavy atom. The number of thiophene rings is 1. The fourth-order valence-corrected chi connectivity index (χ4v) is 2.98. The summed E-state index contributed by atoms with van der Waals surface area (Å²) in [6, 6.07) is 6.66. The van der Waals surface area contributed by atoms with E-state index in [9.17, 15) is 4.39 Å². The van der Waals surface area contributed by atoms with Crippen LogP contribution in [0.4, 0.5) is 4.39 Å². The highest BCUT2D eigenvalue weighted by Gasteiger charge is 2.14. The summed E-state index contributed by atoms with van der Waals surface area (Å²) in [5.41, 5.74) is 8.62. The van der Waals surface area contributed by atoms with Crippen LogP contribution in [0.15, 0.2) is 29.6 Å². The van der Waals surface area contributed by atoms with Crippen LogP contribution in [0.3, 0.4) is 0 Å². The van der Waals surface area contributed by atoms with Gasteiger partial charge in [-0.2, -0.15) is 0 Å². The normalized spacial score (nSPS) is 12.8. The summed E-state index contributed by atoms with van der Waals surface area (Å²) in [6.45, 7) is 1.94. The Hall–Kier alpha value is -0.460. The lowest BCUT2D eigenvalue weighted by Gasteiger charge is -2.12. The molecule has 84 valence electrons. The topological polar surface area (TPSA) is 26.0 Å². The number of hydrogen-bond donors (Lipinski definition) is 1. The van der Waals surface area contributed by atoms with Crippen molar-refractivity contribution in [1.29, 1.82) is 0 Å². The van der Waals surface area contributed by atoms with Crippen LogP contribution in [0.25, 0.3) is 0 Å². The lowest BCUT2D eigenvalue weighted by Crippen LogP contribution is -2.13. The summed E-state index contributed by atoms with van der Waals surface area (Å²) in [7, 11) is 0. The molecule has 0 fully saturated rings. The van der Waals surface area contributed by atoms with Gasteiger partial charge in [-0.25, -0.2) is 4.39 Å². The summed E-state index contributed by atoms with van der Waals surface area (Å²) < 4.78 is 14.8. The Balaban J connectivity index is 2.40. The van der Waals surface area contributed by atoms with Crippen molar-refractivity contribution in [3.63, 3.8) is 0 Å². The third-order valence-corrected chi connectivity index (χ3v) is 4.24. The quantitative estimate of drug-likeness (QED) is 0.821. The molecule has 1 unspecified atom stereocenters. The van der Waals surface area contributed by atoms with Gasteiger partial charge in [0, 0.05) is 5.56 Å². The van der Waals surface area contributed by atoms with Gasteiger partial charge in [-0.1, -0.05) is 17.7 Å². The number of halogens is 2. The lowest BCUT2D eigenvalue weighted by atomic mass is 10.00. The summed E-state index contributed by atoms with van der Waals surface area (Å²) in [5.74, 6) is -0.237. The second-order valence-electron chi connectivity index (χ2n) is 3.69. The van der Waals surface area contributed by atoms with Crippen LogP contribution in [-0.4, -0.2) is 0 Å². The van der Waals surface area contributed by atoms with E-state index < -0.39 is 0 Å². The van der Waals surface area contributed by atoms with Crippen molar-refractivity contribution < 1.29 is 4.39 Å². The largest absolute Gasteiger partial charge is 0.320 e. The molecular weight excluding hydrogens is 336 g/mol. The minimum absolute atomic E-state index is 0.237. The average molecular weight is 347 g/mol. The second kappa shape index (κ2) is 4.81. The monoisotopic (exact) mass is 347 g/mol. The average Bonchev–Trinajstić information content (AvgIpc) is 2.67. The zero-order valence-corrected chi connectivity index (χ0v) is 11.7. The molecule has 0 saturated carbocycles. The van der Waals surface area contributed by atoms with E-state index in [0.717, 1.165) is 14.0 Å². The van der Waals surface area contributed by atoms with Crippen molar-refractivity contribution in [1.82, 2.24) is 0 Å². The van der Waals surface area contributed by atoms with E-state index in [1.54, 1.807) is 17.4 Å². The van der Waals surface area contributed by atoms with Crippen molar-refractivity contribution in [2.45, 2.75) is 13.0 Å². The molecule has 0 bridgehead atoms. The van der Waals surface area contributed by atoms with Gasteiger partial charge in [0.2, 0.25) is 0 Å². The van der Waals surface area contributed by atoms with Gasteiger partial charge in [-0.15, -0.1) is 11.3 Å². The van der Waals surface area contributed by atoms with Crippen molar-refractivity contribution in [3.8, 4) is 0 Å². The Bertz CT molecular complexity index is 509. The molecular formula is C12H11FINS. The highest BCUT2D eigenvalue weighted by Crippen LogP contribution is 2.27. The minimum atomic E-state index is -0.375. The van der Waals surface area contributed by atoms with E-state index in [1.807, 2.05) is 24.4 Å². The van der Waals surface area contributed by atoms with E-state index in [-0.39, 0.29) is 11.9 Å². The molecule has 0 aliphatic carbocycles. The third kappa shape index (κ3) is 2.44. The smallest absolute Gasteiger partial charge is 0.128 e. The van der Waals surface area contributed by atoms with Crippen molar-refractivity contribution >= 4 is 33.9 Å². The van der Waals surface area contributed by atoms with Crippen LogP contribution >= 0.6 is 33.9 Å². The highest BCUT2D eigenvalue weighted by atomic mass is 127. The molecule has 0 aliphatic rings. The first kappa shape index (κ1) is 12.0. The van der Waals surface area contributed by atoms with E-state index in [1.165, 1.54) is 6.07 Å². The molecule has 0 spiro atoms. The first-order valence-corrected chi connectivity index (χ1v) is 6.79. The Labute approximate surface area is 112 Å². The predicted octanol–water partition coefficient (Wildman–Crippen LogP) is 3.85. The van der Waals surface area contributed by atoms with Crippen LogP contribution in [0.2, 0.25) is 0 Å². The molecule has 4 heteroatoms. The minimum Gasteiger partial charge on any atom is -0.320 e. The highest BCUT2D eigenvalue weighted by molar-refractivity contribution is 14.1. The summed E-state index contributed by atoms with van der Waals surface area (Å²) >= 11 is 3.86. The number of aryl methyl sites for hydroxylation is 1. The van der Waals surface area contributed by atoms with Crippen LogP contribution < -0.4 is 5.73 Å². The maximum Gasteiger partial charge on any atom is 0.128 e. The summed E-state index contributed by atoms with van der Waals surface area (Å²) in [6.07, 6.45) is 0. The fraction of sp³-hybridized carbons (Fsp3) is 0.167. The molecule has 0 amide bonds. The summed E-state index contributed by atoms with van der Waals surface area (Å²) in [5, 5.41) is 1.98. The number of rotatable bonds is 2. The SMILES string of the molecule is Cc1ccc(F)c(C(N)c2csc(I)c2)c1. The standard InChI is InChI=1S/C12H11FINS/c1-7-2-3-10(13)9(4-7)12(15)8-5-11(14)16-6-8/h2-6,12H,15H2,1H3. The molecule has 2 N–H and O–H groups in total. The molecule has 2 rings (SSSR count). The molecule has 1 heterocycles. The maximum absolute atomic E-state index is 13.6. The number of nitrogens with two attached hydrogens (primary N) is 1. The lowest BCUT2D eigenvalue weighted by molar-refractivity contribution is 0.599. The molecule has 0 saturated heterocycles. The zero-order valence-electron chi connectivity index (χ0n) is 8.71. The van der Waals surface area contributed by atoms with Gasteiger partial charge in [0.15, 0.2) is 0 Å². The van der Waals surface area contributed by atoms with E-state index >= 15 is 0 Å². The Kier molecular flexibility index (Phi) is 3.61. The van der Waals surface area contributed by atoms with E-state index in [2.05, 4.69) is 22.6 Å². The van der Waals surface area contributed by atoms with E-state index in [0.29, 0.717) is 5.56 Å². The molecule has 16 heavy (non-hydrogen) atoms. The first-order valence-electron chi connectivity index (χ1n) is 4.83. The van der Waals surface area contributed by atoms with Crippen LogP contribution in [0.5, 0.6) is 0 Å². The van der Waals surface area contributed by atoms with Gasteiger partial charge in [-0.05, 0) is 52.6 Å². The fourth-order valence-electron chi connectivity index (χ4n) is 1.57. The van der Waals surface area contributed by atoms with Gasteiger partial charge < -0.3 is 5.73 Å². The Morgan fingerprint density at radius 1 is 1.38 bits per heavy atom. The molecule has 1 aromatic carbocycles. The van der Waals surface area contributed by atoms with Crippen molar-refractivity contribution in [2.24, 2.45) is 5.73 Å². The van der Waals surface area contributed by atoms with Crippen molar-refractivity contribution in [3.05, 3.63) is 55.0 Å². The van der Waals surface area contributed by atoms with Crippen LogP contribution in [0.1, 0.15) is 22.7 Å². The zero-order chi connectivity index (χ0) is 11.7. The van der Waals surface area contributed by atoms with E-state index in [4.69, 9.17) is 5.73 Å². The molecule has 0 aliphatic heterocycles. The predicted molar refractivity (Wildman–Crippen MR) is 74.2 cm³/mol. The molecule has 0 radical (unpaired) electrons. The van der Waals surface area contributed by atoms with Crippen LogP contribution in [0, 0.1) is 15.6 Å². The molecule has 1 aromatic heterocycles. The van der Waals surface area contributed by atoms with Gasteiger partial charge in [0.25, 0.3) is 0 Å². The first-order chi connectivity index (χ1) is 7.58. The van der Waals surface area contributed by atoms with Crippen LogP contribution in [-0.2, 0) is 0 Å².